The van der Waals surface area contributed by atoms with Gasteiger partial charge in [0.15, 0.2) is 6.61 Å². The van der Waals surface area contributed by atoms with E-state index in [0.29, 0.717) is 17.1 Å². The smallest absolute Gasteiger partial charge is 0.329 e. The molecule has 0 fully saturated rings. The van der Waals surface area contributed by atoms with Gasteiger partial charge in [0.25, 0.3) is 11.8 Å². The lowest BCUT2D eigenvalue weighted by Gasteiger charge is -2.22. The maximum absolute atomic E-state index is 12.6. The number of hydrogen-bond acceptors (Lipinski definition) is 4. The summed E-state index contributed by atoms with van der Waals surface area (Å²) in [7, 11) is 0. The summed E-state index contributed by atoms with van der Waals surface area (Å²) in [6.07, 6.45) is 0. The predicted molar refractivity (Wildman–Crippen MR) is 125 cm³/mol. The van der Waals surface area contributed by atoms with Gasteiger partial charge in [-0.3, -0.25) is 9.59 Å². The highest BCUT2D eigenvalue weighted by Gasteiger charge is 2.27. The lowest BCUT2D eigenvalue weighted by atomic mass is 9.86. The van der Waals surface area contributed by atoms with Crippen LogP contribution < -0.4 is 10.6 Å². The number of halogens is 1. The maximum atomic E-state index is 12.6. The van der Waals surface area contributed by atoms with Gasteiger partial charge in [0.1, 0.15) is 6.04 Å². The van der Waals surface area contributed by atoms with E-state index in [1.807, 2.05) is 12.1 Å². The first-order valence-corrected chi connectivity index (χ1v) is 10.9. The van der Waals surface area contributed by atoms with E-state index in [9.17, 15) is 14.4 Å². The van der Waals surface area contributed by atoms with Crippen LogP contribution in [-0.2, 0) is 26.3 Å². The molecule has 0 aromatic heterocycles. The first-order valence-electron chi connectivity index (χ1n) is 10.6. The van der Waals surface area contributed by atoms with Gasteiger partial charge in [-0.05, 0) is 46.7 Å². The van der Waals surface area contributed by atoms with Crippen molar-refractivity contribution in [2.24, 2.45) is 5.92 Å². The molecule has 0 unspecified atom stereocenters. The second kappa shape index (κ2) is 11.1. The Morgan fingerprint density at radius 1 is 0.969 bits per heavy atom. The Kier molecular flexibility index (Phi) is 8.84. The molecule has 172 valence electrons. The molecular formula is C25H31ClN2O4. The van der Waals surface area contributed by atoms with Gasteiger partial charge < -0.3 is 15.4 Å². The minimum absolute atomic E-state index is 0.0204. The van der Waals surface area contributed by atoms with Crippen LogP contribution in [0.2, 0.25) is 5.02 Å². The predicted octanol–water partition coefficient (Wildman–Crippen LogP) is 4.25. The van der Waals surface area contributed by atoms with Gasteiger partial charge in [0.05, 0.1) is 0 Å². The number of carbonyl (C=O) groups is 3. The minimum atomic E-state index is -0.867. The molecule has 0 aliphatic heterocycles. The molecule has 1 atom stereocenters. The van der Waals surface area contributed by atoms with Crippen LogP contribution in [0.4, 0.5) is 0 Å². The van der Waals surface area contributed by atoms with E-state index in [0.717, 1.165) is 11.1 Å². The molecule has 2 aromatic rings. The molecule has 0 aliphatic carbocycles. The Bertz CT molecular complexity index is 932. The van der Waals surface area contributed by atoms with Crippen molar-refractivity contribution in [1.82, 2.24) is 10.6 Å². The summed E-state index contributed by atoms with van der Waals surface area (Å²) in [6, 6.07) is 13.5. The van der Waals surface area contributed by atoms with Gasteiger partial charge in [0, 0.05) is 17.1 Å². The number of amides is 2. The normalized spacial score (nSPS) is 12.2. The molecule has 2 rings (SSSR count). The van der Waals surface area contributed by atoms with Crippen molar-refractivity contribution in [1.29, 1.82) is 0 Å². The van der Waals surface area contributed by atoms with Gasteiger partial charge in [-0.2, -0.15) is 0 Å². The van der Waals surface area contributed by atoms with Crippen LogP contribution in [0.15, 0.2) is 48.5 Å². The first-order chi connectivity index (χ1) is 15.0. The Balaban J connectivity index is 1.89. The molecule has 0 saturated heterocycles. The van der Waals surface area contributed by atoms with Crippen LogP contribution in [0.3, 0.4) is 0 Å². The van der Waals surface area contributed by atoms with E-state index >= 15 is 0 Å². The van der Waals surface area contributed by atoms with E-state index in [2.05, 4.69) is 31.4 Å². The second-order valence-electron chi connectivity index (χ2n) is 9.03. The summed E-state index contributed by atoms with van der Waals surface area (Å²) >= 11 is 5.84. The molecule has 0 heterocycles. The fourth-order valence-electron chi connectivity index (χ4n) is 2.92. The maximum Gasteiger partial charge on any atom is 0.329 e. The zero-order valence-corrected chi connectivity index (χ0v) is 20.0. The number of carbonyl (C=O) groups excluding carboxylic acids is 3. The number of benzene rings is 2. The highest BCUT2D eigenvalue weighted by atomic mass is 35.5. The van der Waals surface area contributed by atoms with Gasteiger partial charge in [-0.1, -0.05) is 70.5 Å². The van der Waals surface area contributed by atoms with Crippen molar-refractivity contribution >= 4 is 29.4 Å². The molecule has 7 heteroatoms. The van der Waals surface area contributed by atoms with E-state index < -0.39 is 24.5 Å². The number of esters is 1. The van der Waals surface area contributed by atoms with E-state index in [1.165, 1.54) is 0 Å². The van der Waals surface area contributed by atoms with Crippen molar-refractivity contribution in [3.8, 4) is 0 Å². The fraction of sp³-hybridized carbons (Fsp3) is 0.400. The van der Waals surface area contributed by atoms with Crippen LogP contribution in [0.25, 0.3) is 0 Å². The fourth-order valence-corrected chi connectivity index (χ4v) is 3.05. The van der Waals surface area contributed by atoms with Crippen LogP contribution in [0, 0.1) is 5.92 Å². The van der Waals surface area contributed by atoms with Crippen molar-refractivity contribution < 1.29 is 19.1 Å². The topological polar surface area (TPSA) is 84.5 Å². The first kappa shape index (κ1) is 25.4. The Hall–Kier alpha value is -2.86. The molecule has 2 amide bonds. The molecule has 6 nitrogen and oxygen atoms in total. The van der Waals surface area contributed by atoms with Crippen molar-refractivity contribution in [3.05, 3.63) is 70.2 Å². The average molecular weight is 459 g/mol. The molecule has 2 N–H and O–H groups in total. The van der Waals surface area contributed by atoms with Gasteiger partial charge in [-0.15, -0.1) is 0 Å². The highest BCUT2D eigenvalue weighted by Crippen LogP contribution is 2.22. The minimum Gasteiger partial charge on any atom is -0.454 e. The quantitative estimate of drug-likeness (QED) is 0.579. The summed E-state index contributed by atoms with van der Waals surface area (Å²) in [5, 5.41) is 6.01. The number of hydrogen-bond donors (Lipinski definition) is 2. The van der Waals surface area contributed by atoms with Gasteiger partial charge >= 0.3 is 5.97 Å². The van der Waals surface area contributed by atoms with E-state index in [-0.39, 0.29) is 17.2 Å². The molecule has 0 aliphatic rings. The van der Waals surface area contributed by atoms with E-state index in [1.54, 1.807) is 50.2 Å². The molecule has 0 radical (unpaired) electrons. The number of nitrogens with one attached hydrogen (secondary N) is 2. The van der Waals surface area contributed by atoms with Crippen molar-refractivity contribution in [2.75, 3.05) is 6.61 Å². The molecular weight excluding hydrogens is 428 g/mol. The molecule has 0 spiro atoms. The lowest BCUT2D eigenvalue weighted by molar-refractivity contribution is -0.151. The molecule has 0 bridgehead atoms. The van der Waals surface area contributed by atoms with Gasteiger partial charge in [0.2, 0.25) is 0 Å². The molecule has 32 heavy (non-hydrogen) atoms. The van der Waals surface area contributed by atoms with Crippen molar-refractivity contribution in [3.63, 3.8) is 0 Å². The Morgan fingerprint density at radius 3 is 2.09 bits per heavy atom. The standard InChI is InChI=1S/C25H31ClN2O4/c1-16(2)22(28-23(30)18-8-10-19(11-9-18)25(3,4)5)24(31)32-15-21(29)27-14-17-6-12-20(26)13-7-17/h6-13,16,22H,14-15H2,1-5H3,(H,27,29)(H,28,30)/t22-/m1/s1. The largest absolute Gasteiger partial charge is 0.454 e. The molecule has 0 saturated carbocycles. The number of rotatable bonds is 8. The SMILES string of the molecule is CC(C)[C@@H](NC(=O)c1ccc(C(C)(C)C)cc1)C(=O)OCC(=O)NCc1ccc(Cl)cc1. The summed E-state index contributed by atoms with van der Waals surface area (Å²) in [4.78, 5) is 37.2. The van der Waals surface area contributed by atoms with Crippen LogP contribution in [0.1, 0.15) is 56.1 Å². The third-order valence-corrected chi connectivity index (χ3v) is 5.22. The monoisotopic (exact) mass is 458 g/mol. The second-order valence-corrected chi connectivity index (χ2v) is 9.47. The summed E-state index contributed by atoms with van der Waals surface area (Å²) in [5.41, 5.74) is 2.42. The third-order valence-electron chi connectivity index (χ3n) is 4.97. The van der Waals surface area contributed by atoms with Crippen LogP contribution in [-0.4, -0.2) is 30.4 Å². The Labute approximate surface area is 194 Å². The van der Waals surface area contributed by atoms with Gasteiger partial charge in [-0.25, -0.2) is 4.79 Å². The zero-order valence-electron chi connectivity index (χ0n) is 19.2. The number of ether oxygens (including phenoxy) is 1. The Morgan fingerprint density at radius 2 is 1.56 bits per heavy atom. The average Bonchev–Trinajstić information content (AvgIpc) is 2.74. The zero-order chi connectivity index (χ0) is 23.9. The summed E-state index contributed by atoms with van der Waals surface area (Å²) in [6.45, 7) is 9.76. The highest BCUT2D eigenvalue weighted by molar-refractivity contribution is 6.30. The van der Waals surface area contributed by atoms with E-state index in [4.69, 9.17) is 16.3 Å². The van der Waals surface area contributed by atoms with Crippen molar-refractivity contribution in [2.45, 2.75) is 52.6 Å². The third kappa shape index (κ3) is 7.68. The van der Waals surface area contributed by atoms with Crippen LogP contribution in [0.5, 0.6) is 0 Å². The summed E-state index contributed by atoms with van der Waals surface area (Å²) in [5.74, 6) is -1.66. The summed E-state index contributed by atoms with van der Waals surface area (Å²) < 4.78 is 5.15. The van der Waals surface area contributed by atoms with Crippen LogP contribution >= 0.6 is 11.6 Å². The molecule has 2 aromatic carbocycles. The lowest BCUT2D eigenvalue weighted by Crippen LogP contribution is -2.46.